The molecule has 106 valence electrons. The molecule has 0 spiro atoms. The number of thioether (sulfide) groups is 1. The Labute approximate surface area is 122 Å². The maximum absolute atomic E-state index is 3.71. The maximum atomic E-state index is 3.71. The van der Waals surface area contributed by atoms with E-state index in [0.717, 1.165) is 6.54 Å². The molecule has 0 saturated carbocycles. The molecule has 2 unspecified atom stereocenters. The molecule has 2 rings (SSSR count). The lowest BCUT2D eigenvalue weighted by Crippen LogP contribution is -2.37. The van der Waals surface area contributed by atoms with Crippen molar-refractivity contribution in [1.29, 1.82) is 0 Å². The van der Waals surface area contributed by atoms with E-state index < -0.39 is 0 Å². The van der Waals surface area contributed by atoms with Crippen LogP contribution in [0.4, 0.5) is 0 Å². The van der Waals surface area contributed by atoms with Crippen LogP contribution in [0.15, 0.2) is 24.3 Å². The van der Waals surface area contributed by atoms with Crippen LogP contribution in [0.2, 0.25) is 0 Å². The van der Waals surface area contributed by atoms with E-state index in [2.05, 4.69) is 69.0 Å². The molecule has 1 saturated heterocycles. The second-order valence-electron chi connectivity index (χ2n) is 6.08. The van der Waals surface area contributed by atoms with Gasteiger partial charge in [0.15, 0.2) is 0 Å². The molecule has 19 heavy (non-hydrogen) atoms. The average Bonchev–Trinajstić information content (AvgIpc) is 2.84. The van der Waals surface area contributed by atoms with Crippen molar-refractivity contribution in [3.63, 3.8) is 0 Å². The first-order valence-electron chi connectivity index (χ1n) is 7.54. The molecule has 1 aromatic carbocycles. The number of hydrogen-bond donors (Lipinski definition) is 1. The molecule has 0 bridgehead atoms. The Morgan fingerprint density at radius 2 is 1.84 bits per heavy atom. The lowest BCUT2D eigenvalue weighted by molar-refractivity contribution is 0.421. The summed E-state index contributed by atoms with van der Waals surface area (Å²) in [5.74, 6) is 1.92. The van der Waals surface area contributed by atoms with Crippen molar-refractivity contribution in [2.45, 2.75) is 57.2 Å². The fourth-order valence-corrected chi connectivity index (χ4v) is 4.42. The first-order valence-corrected chi connectivity index (χ1v) is 8.52. The van der Waals surface area contributed by atoms with Crippen molar-refractivity contribution < 1.29 is 0 Å². The van der Waals surface area contributed by atoms with E-state index in [1.165, 1.54) is 29.7 Å². The monoisotopic (exact) mass is 277 g/mol. The van der Waals surface area contributed by atoms with E-state index in [1.807, 2.05) is 0 Å². The molecule has 2 heteroatoms. The second-order valence-corrected chi connectivity index (χ2v) is 7.71. The van der Waals surface area contributed by atoms with Crippen molar-refractivity contribution in [3.05, 3.63) is 35.4 Å². The van der Waals surface area contributed by atoms with Crippen molar-refractivity contribution in [2.75, 3.05) is 12.3 Å². The summed E-state index contributed by atoms with van der Waals surface area (Å²) < 4.78 is 0.357. The third kappa shape index (κ3) is 3.35. The number of nitrogens with one attached hydrogen (secondary N) is 1. The van der Waals surface area contributed by atoms with E-state index >= 15 is 0 Å². The highest BCUT2D eigenvalue weighted by atomic mass is 32.2. The van der Waals surface area contributed by atoms with E-state index in [9.17, 15) is 0 Å². The Hall–Kier alpha value is -0.470. The third-order valence-corrected chi connectivity index (χ3v) is 5.80. The third-order valence-electron chi connectivity index (χ3n) is 4.20. The molecule has 1 N–H and O–H groups in total. The molecule has 1 nitrogen and oxygen atoms in total. The molecular formula is C17H27NS. The SMILES string of the molecule is CCNC(c1ccc(C(C)C)cc1)C1(C)CCCS1. The highest BCUT2D eigenvalue weighted by Gasteiger charge is 2.38. The summed E-state index contributed by atoms with van der Waals surface area (Å²) in [7, 11) is 0. The van der Waals surface area contributed by atoms with Crippen LogP contribution in [0, 0.1) is 0 Å². The molecule has 1 fully saturated rings. The van der Waals surface area contributed by atoms with Gasteiger partial charge in [-0.25, -0.2) is 0 Å². The topological polar surface area (TPSA) is 12.0 Å². The lowest BCUT2D eigenvalue weighted by Gasteiger charge is -2.34. The van der Waals surface area contributed by atoms with Gasteiger partial charge in [0.1, 0.15) is 0 Å². The Morgan fingerprint density at radius 3 is 2.32 bits per heavy atom. The minimum absolute atomic E-state index is 0.357. The van der Waals surface area contributed by atoms with Gasteiger partial charge in [-0.05, 0) is 49.1 Å². The largest absolute Gasteiger partial charge is 0.309 e. The van der Waals surface area contributed by atoms with Crippen LogP contribution in [-0.2, 0) is 0 Å². The summed E-state index contributed by atoms with van der Waals surface area (Å²) in [5, 5.41) is 3.71. The summed E-state index contributed by atoms with van der Waals surface area (Å²) in [6.07, 6.45) is 2.68. The minimum atomic E-state index is 0.357. The molecule has 1 aromatic rings. The van der Waals surface area contributed by atoms with Gasteiger partial charge < -0.3 is 5.32 Å². The summed E-state index contributed by atoms with van der Waals surface area (Å²) in [6, 6.07) is 9.73. The van der Waals surface area contributed by atoms with Crippen LogP contribution in [0.1, 0.15) is 63.6 Å². The molecule has 0 aromatic heterocycles. The molecule has 0 aliphatic carbocycles. The van der Waals surface area contributed by atoms with Gasteiger partial charge in [-0.1, -0.05) is 45.0 Å². The van der Waals surface area contributed by atoms with Crippen molar-refractivity contribution in [1.82, 2.24) is 5.32 Å². The summed E-state index contributed by atoms with van der Waals surface area (Å²) in [4.78, 5) is 0. The predicted molar refractivity (Wildman–Crippen MR) is 87.0 cm³/mol. The zero-order valence-electron chi connectivity index (χ0n) is 12.7. The molecule has 2 atom stereocenters. The van der Waals surface area contributed by atoms with Gasteiger partial charge in [0.25, 0.3) is 0 Å². The van der Waals surface area contributed by atoms with E-state index in [-0.39, 0.29) is 0 Å². The molecule has 0 radical (unpaired) electrons. The van der Waals surface area contributed by atoms with Crippen molar-refractivity contribution in [3.8, 4) is 0 Å². The van der Waals surface area contributed by atoms with Crippen LogP contribution in [0.3, 0.4) is 0 Å². The summed E-state index contributed by atoms with van der Waals surface area (Å²) in [5.41, 5.74) is 2.88. The number of rotatable bonds is 5. The Morgan fingerprint density at radius 1 is 1.21 bits per heavy atom. The number of benzene rings is 1. The fraction of sp³-hybridized carbons (Fsp3) is 0.647. The first kappa shape index (κ1) is 14.9. The molecule has 1 aliphatic rings. The van der Waals surface area contributed by atoms with Crippen LogP contribution in [0.5, 0.6) is 0 Å². The van der Waals surface area contributed by atoms with Gasteiger partial charge in [-0.15, -0.1) is 0 Å². The highest BCUT2D eigenvalue weighted by molar-refractivity contribution is 8.00. The van der Waals surface area contributed by atoms with Crippen LogP contribution in [0.25, 0.3) is 0 Å². The van der Waals surface area contributed by atoms with Gasteiger partial charge in [0, 0.05) is 10.8 Å². The molecule has 0 amide bonds. The molecular weight excluding hydrogens is 250 g/mol. The van der Waals surface area contributed by atoms with Gasteiger partial charge in [0.05, 0.1) is 0 Å². The van der Waals surface area contributed by atoms with Gasteiger partial charge >= 0.3 is 0 Å². The van der Waals surface area contributed by atoms with Crippen molar-refractivity contribution in [2.24, 2.45) is 0 Å². The van der Waals surface area contributed by atoms with Crippen molar-refractivity contribution >= 4 is 11.8 Å². The van der Waals surface area contributed by atoms with E-state index in [4.69, 9.17) is 0 Å². The summed E-state index contributed by atoms with van der Waals surface area (Å²) >= 11 is 2.14. The van der Waals surface area contributed by atoms with Crippen LogP contribution in [-0.4, -0.2) is 17.0 Å². The zero-order chi connectivity index (χ0) is 13.9. The van der Waals surface area contributed by atoms with Gasteiger partial charge in [-0.3, -0.25) is 0 Å². The van der Waals surface area contributed by atoms with E-state index in [0.29, 0.717) is 16.7 Å². The first-order chi connectivity index (χ1) is 9.07. The lowest BCUT2D eigenvalue weighted by atomic mass is 9.89. The predicted octanol–water partition coefficient (Wildman–Crippen LogP) is 4.75. The normalized spacial score (nSPS) is 24.9. The molecule has 1 heterocycles. The quantitative estimate of drug-likeness (QED) is 0.834. The highest BCUT2D eigenvalue weighted by Crippen LogP contribution is 2.46. The summed E-state index contributed by atoms with van der Waals surface area (Å²) in [6.45, 7) is 10.2. The van der Waals surface area contributed by atoms with Gasteiger partial charge in [0.2, 0.25) is 0 Å². The van der Waals surface area contributed by atoms with Gasteiger partial charge in [-0.2, -0.15) is 11.8 Å². The zero-order valence-corrected chi connectivity index (χ0v) is 13.5. The minimum Gasteiger partial charge on any atom is -0.309 e. The number of hydrogen-bond acceptors (Lipinski definition) is 2. The van der Waals surface area contributed by atoms with Crippen LogP contribution >= 0.6 is 11.8 Å². The molecule has 1 aliphatic heterocycles. The second kappa shape index (κ2) is 6.32. The fourth-order valence-electron chi connectivity index (χ4n) is 2.99. The standard InChI is InChI=1S/C17H27NS/c1-5-18-16(17(4)11-6-12-19-17)15-9-7-14(8-10-15)13(2)3/h7-10,13,16,18H,5-6,11-12H2,1-4H3. The smallest absolute Gasteiger partial charge is 0.0466 e. The van der Waals surface area contributed by atoms with E-state index in [1.54, 1.807) is 0 Å². The Kier molecular flexibility index (Phi) is 4.97. The Bertz CT molecular complexity index is 390. The Balaban J connectivity index is 2.23. The van der Waals surface area contributed by atoms with Crippen LogP contribution < -0.4 is 5.32 Å². The average molecular weight is 277 g/mol. The maximum Gasteiger partial charge on any atom is 0.0466 e.